The van der Waals surface area contributed by atoms with Gasteiger partial charge in [0.1, 0.15) is 5.92 Å². The summed E-state index contributed by atoms with van der Waals surface area (Å²) in [6.45, 7) is 1.89. The van der Waals surface area contributed by atoms with Gasteiger partial charge in [0.05, 0.1) is 13.7 Å². The van der Waals surface area contributed by atoms with Crippen molar-refractivity contribution in [3.63, 3.8) is 0 Å². The normalized spacial score (nSPS) is 23.2. The van der Waals surface area contributed by atoms with Crippen molar-refractivity contribution in [3.8, 4) is 11.5 Å². The Morgan fingerprint density at radius 2 is 2.06 bits per heavy atom. The van der Waals surface area contributed by atoms with Crippen LogP contribution in [0.4, 0.5) is 0 Å². The van der Waals surface area contributed by atoms with Crippen molar-refractivity contribution in [2.24, 2.45) is 5.92 Å². The first-order chi connectivity index (χ1) is 14.9. The number of ether oxygens (including phenoxy) is 2. The van der Waals surface area contributed by atoms with Crippen LogP contribution < -0.4 is 10.1 Å². The van der Waals surface area contributed by atoms with Crippen LogP contribution in [0.25, 0.3) is 0 Å². The molecule has 2 heterocycles. The number of esters is 1. The van der Waals surface area contributed by atoms with Crippen LogP contribution in [-0.4, -0.2) is 36.5 Å². The van der Waals surface area contributed by atoms with E-state index in [2.05, 4.69) is 5.32 Å². The number of rotatable bonds is 5. The monoisotopic (exact) mass is 441 g/mol. The van der Waals surface area contributed by atoms with Gasteiger partial charge in [-0.05, 0) is 42.5 Å². The van der Waals surface area contributed by atoms with Gasteiger partial charge in [0, 0.05) is 34.4 Å². The first-order valence-electron chi connectivity index (χ1n) is 10.1. The zero-order chi connectivity index (χ0) is 22.1. The van der Waals surface area contributed by atoms with E-state index in [1.807, 2.05) is 17.5 Å². The van der Waals surface area contributed by atoms with Gasteiger partial charge in [-0.2, -0.15) is 0 Å². The standard InChI is InChI=1S/C23H23NO6S/c1-3-30-23(28)21-14(18-5-4-8-31-18)10-15-20(22(21)27)13(11-19(26)24-15)12-6-7-16(25)17(9-12)29-2/h4-9,13-14,21,25H,3,10-11H2,1-2H3,(H,24,26). The van der Waals surface area contributed by atoms with Crippen LogP contribution in [0.5, 0.6) is 11.5 Å². The van der Waals surface area contributed by atoms with Crippen LogP contribution in [0.1, 0.15) is 42.0 Å². The molecule has 2 N–H and O–H groups in total. The predicted octanol–water partition coefficient (Wildman–Crippen LogP) is 3.26. The molecule has 1 amide bonds. The highest BCUT2D eigenvalue weighted by atomic mass is 32.1. The van der Waals surface area contributed by atoms with Crippen molar-refractivity contribution in [1.29, 1.82) is 0 Å². The molecule has 162 valence electrons. The number of allylic oxidation sites excluding steroid dienone is 2. The Balaban J connectivity index is 1.81. The van der Waals surface area contributed by atoms with E-state index in [1.165, 1.54) is 24.5 Å². The zero-order valence-corrected chi connectivity index (χ0v) is 18.0. The van der Waals surface area contributed by atoms with E-state index in [9.17, 15) is 19.5 Å². The number of nitrogens with one attached hydrogen (secondary N) is 1. The Labute approximate surface area is 183 Å². The summed E-state index contributed by atoms with van der Waals surface area (Å²) >= 11 is 1.47. The highest BCUT2D eigenvalue weighted by molar-refractivity contribution is 7.10. The highest BCUT2D eigenvalue weighted by Crippen LogP contribution is 2.47. The largest absolute Gasteiger partial charge is 0.504 e. The third-order valence-corrected chi connectivity index (χ3v) is 6.79. The molecule has 1 aromatic carbocycles. The van der Waals surface area contributed by atoms with Gasteiger partial charge < -0.3 is 19.9 Å². The van der Waals surface area contributed by atoms with Gasteiger partial charge in [-0.1, -0.05) is 12.1 Å². The molecule has 0 radical (unpaired) electrons. The third-order valence-electron chi connectivity index (χ3n) is 5.78. The lowest BCUT2D eigenvalue weighted by atomic mass is 9.69. The van der Waals surface area contributed by atoms with Gasteiger partial charge in [0.2, 0.25) is 5.91 Å². The highest BCUT2D eigenvalue weighted by Gasteiger charge is 2.48. The van der Waals surface area contributed by atoms with Crippen LogP contribution >= 0.6 is 11.3 Å². The molecule has 0 fully saturated rings. The zero-order valence-electron chi connectivity index (χ0n) is 17.2. The number of methoxy groups -OCH3 is 1. The molecule has 2 aliphatic rings. The topological polar surface area (TPSA) is 102 Å². The lowest BCUT2D eigenvalue weighted by Gasteiger charge is -2.37. The second kappa shape index (κ2) is 8.55. The van der Waals surface area contributed by atoms with Crippen LogP contribution in [-0.2, 0) is 19.1 Å². The summed E-state index contributed by atoms with van der Waals surface area (Å²) in [6, 6.07) is 8.55. The predicted molar refractivity (Wildman–Crippen MR) is 114 cm³/mol. The van der Waals surface area contributed by atoms with Gasteiger partial charge in [0.15, 0.2) is 17.3 Å². The molecule has 3 atom stereocenters. The molecule has 0 saturated carbocycles. The van der Waals surface area contributed by atoms with Crippen LogP contribution in [0.3, 0.4) is 0 Å². The molecule has 2 aromatic rings. The van der Waals surface area contributed by atoms with Gasteiger partial charge in [0.25, 0.3) is 0 Å². The van der Waals surface area contributed by atoms with Crippen LogP contribution in [0, 0.1) is 5.92 Å². The smallest absolute Gasteiger partial charge is 0.317 e. The summed E-state index contributed by atoms with van der Waals surface area (Å²) < 4.78 is 10.5. The summed E-state index contributed by atoms with van der Waals surface area (Å²) in [4.78, 5) is 40.0. The minimum Gasteiger partial charge on any atom is -0.504 e. The number of carbonyl (C=O) groups excluding carboxylic acids is 3. The maximum absolute atomic E-state index is 13.7. The third kappa shape index (κ3) is 3.83. The molecule has 0 bridgehead atoms. The number of hydrogen-bond donors (Lipinski definition) is 2. The summed E-state index contributed by atoms with van der Waals surface area (Å²) in [5.74, 6) is -2.72. The number of phenolic OH excluding ortho intramolecular Hbond substituents is 1. The van der Waals surface area contributed by atoms with E-state index in [1.54, 1.807) is 19.1 Å². The maximum atomic E-state index is 13.7. The SMILES string of the molecule is CCOC(=O)C1C(=O)C2=C(CC1c1cccs1)NC(=O)CC2c1ccc(O)c(OC)c1. The van der Waals surface area contributed by atoms with Gasteiger partial charge >= 0.3 is 5.97 Å². The Morgan fingerprint density at radius 1 is 1.26 bits per heavy atom. The molecule has 0 spiro atoms. The molecular weight excluding hydrogens is 418 g/mol. The van der Waals surface area contributed by atoms with E-state index in [0.29, 0.717) is 23.3 Å². The number of aromatic hydroxyl groups is 1. The second-order valence-electron chi connectivity index (χ2n) is 7.55. The molecule has 3 unspecified atom stereocenters. The van der Waals surface area contributed by atoms with E-state index in [4.69, 9.17) is 9.47 Å². The summed E-state index contributed by atoms with van der Waals surface area (Å²) in [5.41, 5.74) is 1.65. The van der Waals surface area contributed by atoms with Crippen LogP contribution in [0.2, 0.25) is 0 Å². The van der Waals surface area contributed by atoms with Gasteiger partial charge in [-0.15, -0.1) is 11.3 Å². The number of carbonyl (C=O) groups is 3. The Bertz CT molecular complexity index is 1060. The molecule has 1 aromatic heterocycles. The fourth-order valence-corrected chi connectivity index (χ4v) is 5.29. The van der Waals surface area contributed by atoms with Gasteiger partial charge in [-0.25, -0.2) is 0 Å². The number of phenols is 1. The van der Waals surface area contributed by atoms with Crippen molar-refractivity contribution in [1.82, 2.24) is 5.32 Å². The maximum Gasteiger partial charge on any atom is 0.317 e. The first-order valence-corrected chi connectivity index (χ1v) is 11.0. The molecule has 0 saturated heterocycles. The van der Waals surface area contributed by atoms with Crippen LogP contribution in [0.15, 0.2) is 47.0 Å². The molecule has 4 rings (SSSR count). The van der Waals surface area contributed by atoms with Crippen molar-refractivity contribution >= 4 is 29.0 Å². The Kier molecular flexibility index (Phi) is 5.82. The van der Waals surface area contributed by atoms with Crippen molar-refractivity contribution in [2.75, 3.05) is 13.7 Å². The average Bonchev–Trinajstić information content (AvgIpc) is 3.28. The average molecular weight is 442 g/mol. The molecule has 7 nitrogen and oxygen atoms in total. The number of ketones is 1. The minimum absolute atomic E-state index is 0.0298. The fraction of sp³-hybridized carbons (Fsp3) is 0.348. The summed E-state index contributed by atoms with van der Waals surface area (Å²) in [5, 5.41) is 14.7. The Morgan fingerprint density at radius 3 is 2.74 bits per heavy atom. The first kappa shape index (κ1) is 21.1. The molecule has 8 heteroatoms. The molecule has 1 aliphatic carbocycles. The number of thiophene rings is 1. The quantitative estimate of drug-likeness (QED) is 0.546. The van der Waals surface area contributed by atoms with Crippen molar-refractivity contribution < 1.29 is 29.0 Å². The molecular formula is C23H23NO6S. The van der Waals surface area contributed by atoms with Gasteiger partial charge in [-0.3, -0.25) is 14.4 Å². The van der Waals surface area contributed by atoms with E-state index in [-0.39, 0.29) is 36.2 Å². The number of amides is 1. The lowest BCUT2D eigenvalue weighted by Crippen LogP contribution is -2.44. The second-order valence-corrected chi connectivity index (χ2v) is 8.53. The van der Waals surface area contributed by atoms with E-state index in [0.717, 1.165) is 4.88 Å². The fourth-order valence-electron chi connectivity index (χ4n) is 4.42. The summed E-state index contributed by atoms with van der Waals surface area (Å²) in [7, 11) is 1.44. The van der Waals surface area contributed by atoms with Crippen molar-refractivity contribution in [3.05, 3.63) is 57.4 Å². The van der Waals surface area contributed by atoms with Crippen molar-refractivity contribution in [2.45, 2.75) is 31.6 Å². The minimum atomic E-state index is -0.964. The number of benzene rings is 1. The molecule has 1 aliphatic heterocycles. The number of Topliss-reactive ketones (excluding diaryl/α,β-unsaturated/α-hetero) is 1. The summed E-state index contributed by atoms with van der Waals surface area (Å²) in [6.07, 6.45) is 0.431. The lowest BCUT2D eigenvalue weighted by molar-refractivity contribution is -0.152. The Hall–Kier alpha value is -3.13. The van der Waals surface area contributed by atoms with E-state index < -0.39 is 23.7 Å². The number of hydrogen-bond acceptors (Lipinski definition) is 7. The molecule has 31 heavy (non-hydrogen) atoms. The van der Waals surface area contributed by atoms with E-state index >= 15 is 0 Å².